The Hall–Kier alpha value is -2.48. The van der Waals surface area contributed by atoms with Gasteiger partial charge in [-0.15, -0.1) is 10.2 Å². The van der Waals surface area contributed by atoms with E-state index in [9.17, 15) is 4.79 Å². The molecule has 2 amide bonds. The molecule has 1 aliphatic rings. The molecule has 1 aliphatic heterocycles. The van der Waals surface area contributed by atoms with Crippen LogP contribution in [0.25, 0.3) is 0 Å². The highest BCUT2D eigenvalue weighted by atomic mass is 16.5. The second-order valence-electron chi connectivity index (χ2n) is 6.03. The lowest BCUT2D eigenvalue weighted by molar-refractivity contribution is -0.0276. The Morgan fingerprint density at radius 3 is 2.92 bits per heavy atom. The molecule has 1 atom stereocenters. The maximum Gasteiger partial charge on any atom is 0.323 e. The van der Waals surface area contributed by atoms with Crippen LogP contribution < -0.4 is 5.32 Å². The second kappa shape index (κ2) is 6.96. The van der Waals surface area contributed by atoms with Crippen molar-refractivity contribution in [3.63, 3.8) is 0 Å². The molecular weight excluding hydrogens is 310 g/mol. The van der Waals surface area contributed by atoms with Gasteiger partial charge in [0.15, 0.2) is 6.10 Å². The first kappa shape index (κ1) is 16.4. The average Bonchev–Trinajstić information content (AvgIpc) is 3.05. The van der Waals surface area contributed by atoms with Gasteiger partial charge in [-0.05, 0) is 19.1 Å². The highest BCUT2D eigenvalue weighted by Crippen LogP contribution is 2.23. The summed E-state index contributed by atoms with van der Waals surface area (Å²) in [6.45, 7) is 7.11. The molecule has 0 spiro atoms. The summed E-state index contributed by atoms with van der Waals surface area (Å²) in [5, 5.41) is 10.9. The van der Waals surface area contributed by atoms with Crippen molar-refractivity contribution in [1.82, 2.24) is 20.1 Å². The highest BCUT2D eigenvalue weighted by Gasteiger charge is 2.29. The van der Waals surface area contributed by atoms with Gasteiger partial charge in [0.2, 0.25) is 11.8 Å². The summed E-state index contributed by atoms with van der Waals surface area (Å²) in [6, 6.07) is 5.27. The van der Waals surface area contributed by atoms with Gasteiger partial charge in [0.25, 0.3) is 0 Å². The van der Waals surface area contributed by atoms with Crippen LogP contribution in [0.3, 0.4) is 0 Å². The fraction of sp³-hybridized carbons (Fsp3) is 0.500. The van der Waals surface area contributed by atoms with E-state index in [-0.39, 0.29) is 11.9 Å². The first-order valence-corrected chi connectivity index (χ1v) is 7.97. The van der Waals surface area contributed by atoms with Crippen molar-refractivity contribution in [2.75, 3.05) is 25.0 Å². The molecule has 1 N–H and O–H groups in total. The Morgan fingerprint density at radius 1 is 1.38 bits per heavy atom. The molecule has 3 rings (SSSR count). The SMILES string of the molecule is Cc1cccc(NC(=O)N2CCO[C@H](c3nnc(C(C)C)o3)C2)n1. The summed E-state index contributed by atoms with van der Waals surface area (Å²) in [7, 11) is 0. The van der Waals surface area contributed by atoms with Crippen LogP contribution in [0.2, 0.25) is 0 Å². The number of nitrogens with zero attached hydrogens (tertiary/aromatic N) is 4. The zero-order valence-corrected chi connectivity index (χ0v) is 14.0. The number of hydrogen-bond acceptors (Lipinski definition) is 6. The quantitative estimate of drug-likeness (QED) is 0.929. The lowest BCUT2D eigenvalue weighted by atomic mass is 10.2. The van der Waals surface area contributed by atoms with Crippen LogP contribution in [0.15, 0.2) is 22.6 Å². The van der Waals surface area contributed by atoms with Gasteiger partial charge >= 0.3 is 6.03 Å². The summed E-state index contributed by atoms with van der Waals surface area (Å²) in [5.74, 6) is 1.66. The van der Waals surface area contributed by atoms with Crippen LogP contribution >= 0.6 is 0 Å². The molecule has 0 saturated carbocycles. The van der Waals surface area contributed by atoms with Crippen LogP contribution in [0.5, 0.6) is 0 Å². The van der Waals surface area contributed by atoms with Crippen LogP contribution in [-0.4, -0.2) is 45.8 Å². The molecule has 0 radical (unpaired) electrons. The number of rotatable bonds is 3. The number of ether oxygens (including phenoxy) is 1. The van der Waals surface area contributed by atoms with Crippen molar-refractivity contribution in [2.45, 2.75) is 32.8 Å². The molecule has 2 aromatic rings. The maximum absolute atomic E-state index is 12.4. The van der Waals surface area contributed by atoms with Crippen molar-refractivity contribution in [3.05, 3.63) is 35.7 Å². The van der Waals surface area contributed by atoms with Crippen molar-refractivity contribution in [3.8, 4) is 0 Å². The van der Waals surface area contributed by atoms with Gasteiger partial charge in [-0.1, -0.05) is 19.9 Å². The van der Waals surface area contributed by atoms with Gasteiger partial charge in [-0.25, -0.2) is 9.78 Å². The molecule has 128 valence electrons. The minimum absolute atomic E-state index is 0.154. The molecule has 8 heteroatoms. The van der Waals surface area contributed by atoms with Crippen molar-refractivity contribution >= 4 is 11.8 Å². The van der Waals surface area contributed by atoms with E-state index in [0.29, 0.717) is 37.3 Å². The van der Waals surface area contributed by atoms with E-state index in [2.05, 4.69) is 20.5 Å². The molecule has 0 aromatic carbocycles. The summed E-state index contributed by atoms with van der Waals surface area (Å²) in [5.41, 5.74) is 0.847. The Bertz CT molecular complexity index is 715. The third-order valence-electron chi connectivity index (χ3n) is 3.70. The molecule has 0 unspecified atom stereocenters. The highest BCUT2D eigenvalue weighted by molar-refractivity contribution is 5.88. The fourth-order valence-electron chi connectivity index (χ4n) is 2.39. The number of aryl methyl sites for hydroxylation is 1. The number of pyridine rings is 1. The molecule has 2 aromatic heterocycles. The number of anilines is 1. The lowest BCUT2D eigenvalue weighted by Gasteiger charge is -2.31. The van der Waals surface area contributed by atoms with E-state index in [1.165, 1.54) is 0 Å². The van der Waals surface area contributed by atoms with Gasteiger partial charge in [0.1, 0.15) is 5.82 Å². The normalized spacial score (nSPS) is 18.0. The summed E-state index contributed by atoms with van der Waals surface area (Å²) >= 11 is 0. The van der Waals surface area contributed by atoms with Crippen LogP contribution in [0.1, 0.15) is 43.3 Å². The number of amides is 2. The van der Waals surface area contributed by atoms with Crippen molar-refractivity contribution in [2.24, 2.45) is 0 Å². The number of aromatic nitrogens is 3. The molecule has 8 nitrogen and oxygen atoms in total. The van der Waals surface area contributed by atoms with E-state index >= 15 is 0 Å². The summed E-state index contributed by atoms with van der Waals surface area (Å²) in [4.78, 5) is 18.4. The number of carbonyl (C=O) groups is 1. The van der Waals surface area contributed by atoms with E-state index in [0.717, 1.165) is 5.69 Å². The number of carbonyl (C=O) groups excluding carboxylic acids is 1. The first-order chi connectivity index (χ1) is 11.5. The molecule has 1 saturated heterocycles. The summed E-state index contributed by atoms with van der Waals surface area (Å²) < 4.78 is 11.3. The van der Waals surface area contributed by atoms with Crippen molar-refractivity contribution in [1.29, 1.82) is 0 Å². The van der Waals surface area contributed by atoms with Crippen molar-refractivity contribution < 1.29 is 13.9 Å². The molecular formula is C16H21N5O3. The average molecular weight is 331 g/mol. The van der Waals surface area contributed by atoms with Crippen LogP contribution in [0, 0.1) is 6.92 Å². The number of morpholine rings is 1. The third kappa shape index (κ3) is 3.70. The molecule has 24 heavy (non-hydrogen) atoms. The number of nitrogens with one attached hydrogen (secondary N) is 1. The number of urea groups is 1. The zero-order chi connectivity index (χ0) is 17.1. The lowest BCUT2D eigenvalue weighted by Crippen LogP contribution is -2.44. The van der Waals surface area contributed by atoms with Gasteiger partial charge in [0.05, 0.1) is 13.2 Å². The minimum atomic E-state index is -0.407. The minimum Gasteiger partial charge on any atom is -0.422 e. The van der Waals surface area contributed by atoms with Crippen LogP contribution in [0.4, 0.5) is 10.6 Å². The maximum atomic E-state index is 12.4. The Kier molecular flexibility index (Phi) is 4.75. The monoisotopic (exact) mass is 331 g/mol. The molecule has 1 fully saturated rings. The Labute approximate surface area is 140 Å². The van der Waals surface area contributed by atoms with Gasteiger partial charge in [-0.3, -0.25) is 5.32 Å². The van der Waals surface area contributed by atoms with Gasteiger partial charge in [-0.2, -0.15) is 0 Å². The molecule has 3 heterocycles. The zero-order valence-electron chi connectivity index (χ0n) is 14.0. The van der Waals surface area contributed by atoms with E-state index in [4.69, 9.17) is 9.15 Å². The predicted molar refractivity (Wildman–Crippen MR) is 86.6 cm³/mol. The van der Waals surface area contributed by atoms with Crippen LogP contribution in [-0.2, 0) is 4.74 Å². The van der Waals surface area contributed by atoms with Gasteiger partial charge < -0.3 is 14.1 Å². The van der Waals surface area contributed by atoms with E-state index < -0.39 is 6.10 Å². The van der Waals surface area contributed by atoms with E-state index in [1.54, 1.807) is 11.0 Å². The topological polar surface area (TPSA) is 93.4 Å². The largest absolute Gasteiger partial charge is 0.422 e. The fourth-order valence-corrected chi connectivity index (χ4v) is 2.39. The smallest absolute Gasteiger partial charge is 0.323 e. The first-order valence-electron chi connectivity index (χ1n) is 7.97. The Balaban J connectivity index is 1.65. The molecule has 0 aliphatic carbocycles. The third-order valence-corrected chi connectivity index (χ3v) is 3.70. The van der Waals surface area contributed by atoms with Gasteiger partial charge in [0, 0.05) is 18.2 Å². The standard InChI is InChI=1S/C16H21N5O3/c1-10(2)14-19-20-15(24-14)12-9-21(7-8-23-12)16(22)18-13-6-4-5-11(3)17-13/h4-6,10,12H,7-9H2,1-3H3,(H,17,18,22)/t12-/m0/s1. The Morgan fingerprint density at radius 2 is 2.21 bits per heavy atom. The molecule has 0 bridgehead atoms. The summed E-state index contributed by atoms with van der Waals surface area (Å²) in [6.07, 6.45) is -0.407. The van der Waals surface area contributed by atoms with E-state index in [1.807, 2.05) is 32.9 Å². The number of hydrogen-bond donors (Lipinski definition) is 1. The second-order valence-corrected chi connectivity index (χ2v) is 6.03. The predicted octanol–water partition coefficient (Wildman–Crippen LogP) is 2.50.